The van der Waals surface area contributed by atoms with Gasteiger partial charge in [0.2, 0.25) is 0 Å². The van der Waals surface area contributed by atoms with E-state index < -0.39 is 11.6 Å². The third-order valence-electron chi connectivity index (χ3n) is 2.77. The molecule has 0 unspecified atom stereocenters. The van der Waals surface area contributed by atoms with Crippen LogP contribution in [0.15, 0.2) is 42.5 Å². The average Bonchev–Trinajstić information content (AvgIpc) is 2.47. The van der Waals surface area contributed by atoms with Gasteiger partial charge in [-0.05, 0) is 30.3 Å². The summed E-state index contributed by atoms with van der Waals surface area (Å²) in [6.45, 7) is 0.246. The van der Waals surface area contributed by atoms with Crippen molar-refractivity contribution in [3.8, 4) is 0 Å². The number of carbonyl (C=O) groups excluding carboxylic acids is 1. The number of rotatable bonds is 5. The Labute approximate surface area is 121 Å². The van der Waals surface area contributed by atoms with Crippen LogP contribution in [0, 0.1) is 5.82 Å². The predicted molar refractivity (Wildman–Crippen MR) is 76.9 cm³/mol. The molecule has 0 aliphatic carbocycles. The molecule has 0 aliphatic rings. The van der Waals surface area contributed by atoms with E-state index in [4.69, 9.17) is 16.7 Å². The summed E-state index contributed by atoms with van der Waals surface area (Å²) >= 11 is 5.80. The van der Waals surface area contributed by atoms with Crippen molar-refractivity contribution in [1.29, 1.82) is 0 Å². The zero-order valence-corrected chi connectivity index (χ0v) is 11.3. The molecule has 0 aromatic heterocycles. The van der Waals surface area contributed by atoms with Crippen LogP contribution >= 0.6 is 11.6 Å². The number of aliphatic hydroxyl groups excluding tert-OH is 1. The van der Waals surface area contributed by atoms with Crippen LogP contribution in [0.3, 0.4) is 0 Å². The summed E-state index contributed by atoms with van der Waals surface area (Å²) in [7, 11) is 0. The second-order valence-electron chi connectivity index (χ2n) is 4.15. The zero-order valence-electron chi connectivity index (χ0n) is 10.6. The molecule has 2 aromatic rings. The summed E-state index contributed by atoms with van der Waals surface area (Å²) in [5.74, 6) is -1.07. The lowest BCUT2D eigenvalue weighted by molar-refractivity contribution is 0.103. The Bertz CT molecular complexity index is 631. The maximum Gasteiger partial charge on any atom is 0.198 e. The highest BCUT2D eigenvalue weighted by Crippen LogP contribution is 2.22. The van der Waals surface area contributed by atoms with Crippen molar-refractivity contribution in [2.24, 2.45) is 0 Å². The Morgan fingerprint density at radius 2 is 1.95 bits per heavy atom. The van der Waals surface area contributed by atoms with Crippen LogP contribution in [-0.2, 0) is 0 Å². The van der Waals surface area contributed by atoms with E-state index in [1.165, 1.54) is 18.2 Å². The van der Waals surface area contributed by atoms with E-state index in [-0.39, 0.29) is 12.2 Å². The van der Waals surface area contributed by atoms with Gasteiger partial charge in [-0.1, -0.05) is 23.7 Å². The minimum absolute atomic E-state index is 0.0615. The highest BCUT2D eigenvalue weighted by atomic mass is 35.5. The zero-order chi connectivity index (χ0) is 14.5. The lowest BCUT2D eigenvalue weighted by Gasteiger charge is -2.11. The number of aliphatic hydroxyl groups is 1. The van der Waals surface area contributed by atoms with Crippen LogP contribution in [0.25, 0.3) is 0 Å². The van der Waals surface area contributed by atoms with E-state index in [2.05, 4.69) is 5.32 Å². The fraction of sp³-hybridized carbons (Fsp3) is 0.133. The molecule has 0 bridgehead atoms. The van der Waals surface area contributed by atoms with Crippen molar-refractivity contribution in [1.82, 2.24) is 0 Å². The standard InChI is InChI=1S/C15H13ClFNO2/c16-10-5-6-13(17)12(9-10)15(20)11-3-1-2-4-14(11)18-7-8-19/h1-6,9,18-19H,7-8H2. The fourth-order valence-electron chi connectivity index (χ4n) is 1.84. The maximum atomic E-state index is 13.7. The third-order valence-corrected chi connectivity index (χ3v) is 3.01. The molecule has 0 amide bonds. The van der Waals surface area contributed by atoms with E-state index >= 15 is 0 Å². The first-order valence-electron chi connectivity index (χ1n) is 6.07. The molecular weight excluding hydrogens is 281 g/mol. The highest BCUT2D eigenvalue weighted by Gasteiger charge is 2.17. The van der Waals surface area contributed by atoms with Gasteiger partial charge < -0.3 is 10.4 Å². The van der Waals surface area contributed by atoms with E-state index in [1.54, 1.807) is 24.3 Å². The summed E-state index contributed by atoms with van der Waals surface area (Å²) in [5.41, 5.74) is 0.809. The predicted octanol–water partition coefficient (Wildman–Crippen LogP) is 3.11. The second-order valence-corrected chi connectivity index (χ2v) is 4.59. The Morgan fingerprint density at radius 1 is 1.20 bits per heavy atom. The SMILES string of the molecule is O=C(c1cc(Cl)ccc1F)c1ccccc1NCCO. The Kier molecular flexibility index (Phi) is 4.71. The number of para-hydroxylation sites is 1. The first-order chi connectivity index (χ1) is 9.63. The molecule has 3 nitrogen and oxygen atoms in total. The molecule has 0 fully saturated rings. The summed E-state index contributed by atoms with van der Waals surface area (Å²) in [4.78, 5) is 12.4. The molecule has 0 aliphatic heterocycles. The van der Waals surface area contributed by atoms with Crippen molar-refractivity contribution >= 4 is 23.1 Å². The number of ketones is 1. The van der Waals surface area contributed by atoms with Crippen molar-refractivity contribution in [3.05, 3.63) is 64.4 Å². The molecule has 20 heavy (non-hydrogen) atoms. The van der Waals surface area contributed by atoms with E-state index in [9.17, 15) is 9.18 Å². The quantitative estimate of drug-likeness (QED) is 0.833. The van der Waals surface area contributed by atoms with Crippen LogP contribution < -0.4 is 5.32 Å². The van der Waals surface area contributed by atoms with Gasteiger partial charge in [0.15, 0.2) is 5.78 Å². The van der Waals surface area contributed by atoms with Gasteiger partial charge in [-0.2, -0.15) is 0 Å². The van der Waals surface area contributed by atoms with Gasteiger partial charge >= 0.3 is 0 Å². The van der Waals surface area contributed by atoms with Gasteiger partial charge in [-0.25, -0.2) is 4.39 Å². The minimum atomic E-state index is -0.614. The number of hydrogen-bond acceptors (Lipinski definition) is 3. The molecule has 0 saturated heterocycles. The first kappa shape index (κ1) is 14.5. The topological polar surface area (TPSA) is 49.3 Å². The second kappa shape index (κ2) is 6.50. The lowest BCUT2D eigenvalue weighted by atomic mass is 10.0. The van der Waals surface area contributed by atoms with E-state index in [1.807, 2.05) is 0 Å². The molecule has 0 heterocycles. The van der Waals surface area contributed by atoms with Gasteiger partial charge in [-0.15, -0.1) is 0 Å². The Hall–Kier alpha value is -1.91. The maximum absolute atomic E-state index is 13.7. The number of anilines is 1. The van der Waals surface area contributed by atoms with Gasteiger partial charge in [-0.3, -0.25) is 4.79 Å². The molecule has 0 saturated carbocycles. The van der Waals surface area contributed by atoms with Crippen molar-refractivity contribution in [2.75, 3.05) is 18.5 Å². The average molecular weight is 294 g/mol. The van der Waals surface area contributed by atoms with Gasteiger partial charge in [0.05, 0.1) is 12.2 Å². The molecule has 2 N–H and O–H groups in total. The van der Waals surface area contributed by atoms with Crippen LogP contribution in [0.2, 0.25) is 5.02 Å². The monoisotopic (exact) mass is 293 g/mol. The van der Waals surface area contributed by atoms with Gasteiger partial charge in [0.1, 0.15) is 5.82 Å². The third kappa shape index (κ3) is 3.15. The van der Waals surface area contributed by atoms with Gasteiger partial charge in [0.25, 0.3) is 0 Å². The number of carbonyl (C=O) groups is 1. The number of benzene rings is 2. The van der Waals surface area contributed by atoms with Crippen molar-refractivity contribution < 1.29 is 14.3 Å². The van der Waals surface area contributed by atoms with Crippen LogP contribution in [0.4, 0.5) is 10.1 Å². The van der Waals surface area contributed by atoms with Crippen LogP contribution in [-0.4, -0.2) is 24.0 Å². The van der Waals surface area contributed by atoms with Gasteiger partial charge in [0, 0.05) is 22.8 Å². The molecular formula is C15H13ClFNO2. The minimum Gasteiger partial charge on any atom is -0.395 e. The Morgan fingerprint density at radius 3 is 2.70 bits per heavy atom. The smallest absolute Gasteiger partial charge is 0.198 e. The summed E-state index contributed by atoms with van der Waals surface area (Å²) < 4.78 is 13.7. The number of hydrogen-bond donors (Lipinski definition) is 2. The summed E-state index contributed by atoms with van der Waals surface area (Å²) in [5, 5.41) is 12.1. The van der Waals surface area contributed by atoms with E-state index in [0.29, 0.717) is 22.8 Å². The molecule has 5 heteroatoms. The van der Waals surface area contributed by atoms with Crippen LogP contribution in [0.5, 0.6) is 0 Å². The Balaban J connectivity index is 2.40. The molecule has 104 valence electrons. The first-order valence-corrected chi connectivity index (χ1v) is 6.45. The number of halogens is 2. The molecule has 0 radical (unpaired) electrons. The van der Waals surface area contributed by atoms with Crippen molar-refractivity contribution in [3.63, 3.8) is 0 Å². The summed E-state index contributed by atoms with van der Waals surface area (Å²) in [6, 6.07) is 10.6. The highest BCUT2D eigenvalue weighted by molar-refractivity contribution is 6.31. The van der Waals surface area contributed by atoms with Crippen molar-refractivity contribution in [2.45, 2.75) is 0 Å². The lowest BCUT2D eigenvalue weighted by Crippen LogP contribution is -2.11. The normalized spacial score (nSPS) is 10.3. The van der Waals surface area contributed by atoms with E-state index in [0.717, 1.165) is 0 Å². The largest absolute Gasteiger partial charge is 0.395 e. The molecule has 2 rings (SSSR count). The molecule has 2 aromatic carbocycles. The molecule has 0 atom stereocenters. The molecule has 0 spiro atoms. The number of nitrogens with one attached hydrogen (secondary N) is 1. The summed E-state index contributed by atoms with van der Waals surface area (Å²) in [6.07, 6.45) is 0. The fourth-order valence-corrected chi connectivity index (χ4v) is 2.01. The van der Waals surface area contributed by atoms with Crippen LogP contribution in [0.1, 0.15) is 15.9 Å².